The highest BCUT2D eigenvalue weighted by Crippen LogP contribution is 2.27. The highest BCUT2D eigenvalue weighted by Gasteiger charge is 2.11. The number of pyridine rings is 1. The second-order valence-electron chi connectivity index (χ2n) is 7.16. The number of aromatic nitrogens is 3. The van der Waals surface area contributed by atoms with Crippen LogP contribution in [-0.4, -0.2) is 15.2 Å². The Bertz CT molecular complexity index is 1360. The van der Waals surface area contributed by atoms with Crippen molar-refractivity contribution < 1.29 is 9.15 Å². The number of halogens is 1. The van der Waals surface area contributed by atoms with Crippen LogP contribution in [0.15, 0.2) is 95.7 Å². The molecule has 0 amide bonds. The average molecular weight is 440 g/mol. The molecule has 0 N–H and O–H groups in total. The first kappa shape index (κ1) is 20.0. The second-order valence-corrected chi connectivity index (χ2v) is 7.60. The summed E-state index contributed by atoms with van der Waals surface area (Å²) in [6.07, 6.45) is 3.30. The van der Waals surface area contributed by atoms with E-state index >= 15 is 0 Å². The summed E-state index contributed by atoms with van der Waals surface area (Å²) in [5, 5.41) is 9.69. The molecule has 2 aromatic heterocycles. The van der Waals surface area contributed by atoms with Crippen LogP contribution in [0, 0.1) is 0 Å². The first-order valence-corrected chi connectivity index (χ1v) is 10.4. The number of para-hydroxylation sites is 1. The lowest BCUT2D eigenvalue weighted by molar-refractivity contribution is 0.302. The smallest absolute Gasteiger partial charge is 0.248 e. The summed E-state index contributed by atoms with van der Waals surface area (Å²) in [5.74, 6) is 1.19. The van der Waals surface area contributed by atoms with E-state index in [0.717, 1.165) is 39.0 Å². The third-order valence-corrected chi connectivity index (χ3v) is 5.23. The Labute approximate surface area is 190 Å². The Morgan fingerprint density at radius 2 is 1.72 bits per heavy atom. The van der Waals surface area contributed by atoms with E-state index in [9.17, 15) is 0 Å². The largest absolute Gasteiger partial charge is 0.487 e. The Kier molecular flexibility index (Phi) is 5.64. The molecule has 32 heavy (non-hydrogen) atoms. The van der Waals surface area contributed by atoms with Gasteiger partial charge in [-0.15, -0.1) is 10.2 Å². The molecule has 0 radical (unpaired) electrons. The summed E-state index contributed by atoms with van der Waals surface area (Å²) in [6, 6.07) is 27.4. The molecule has 0 aliphatic rings. The fourth-order valence-electron chi connectivity index (χ4n) is 3.36. The van der Waals surface area contributed by atoms with Crippen LogP contribution in [0.4, 0.5) is 0 Å². The molecule has 2 heterocycles. The quantitative estimate of drug-likeness (QED) is 0.285. The predicted octanol–water partition coefficient (Wildman–Crippen LogP) is 6.44. The summed E-state index contributed by atoms with van der Waals surface area (Å²) in [7, 11) is 0. The van der Waals surface area contributed by atoms with Crippen molar-refractivity contribution in [3.05, 3.63) is 119 Å². The van der Waals surface area contributed by atoms with Crippen LogP contribution in [0.25, 0.3) is 22.6 Å². The molecule has 5 aromatic rings. The topological polar surface area (TPSA) is 61.0 Å². The van der Waals surface area contributed by atoms with Crippen molar-refractivity contribution in [1.82, 2.24) is 15.2 Å². The highest BCUT2D eigenvalue weighted by molar-refractivity contribution is 6.30. The van der Waals surface area contributed by atoms with Crippen LogP contribution < -0.4 is 4.74 Å². The van der Waals surface area contributed by atoms with E-state index in [0.29, 0.717) is 17.5 Å². The standard InChI is InChI=1S/C26H18ClN3O2/c27-21-10-5-18(6-11-21)15-24(26-30-28-17-32-26)19-8-13-23(14-9-19)31-16-22-12-7-20-3-1-2-4-25(20)29-22/h1-15,17H,16H2. The van der Waals surface area contributed by atoms with Crippen LogP contribution in [0.2, 0.25) is 5.02 Å². The van der Waals surface area contributed by atoms with Crippen molar-refractivity contribution >= 4 is 34.2 Å². The van der Waals surface area contributed by atoms with Crippen molar-refractivity contribution in [2.45, 2.75) is 6.61 Å². The van der Waals surface area contributed by atoms with E-state index in [-0.39, 0.29) is 0 Å². The molecular weight excluding hydrogens is 422 g/mol. The van der Waals surface area contributed by atoms with E-state index in [2.05, 4.69) is 21.2 Å². The van der Waals surface area contributed by atoms with Gasteiger partial charge in [-0.1, -0.05) is 60.1 Å². The molecule has 5 nitrogen and oxygen atoms in total. The third kappa shape index (κ3) is 4.53. The summed E-state index contributed by atoms with van der Waals surface area (Å²) >= 11 is 6.00. The molecule has 0 atom stereocenters. The Balaban J connectivity index is 1.36. The molecule has 0 saturated carbocycles. The number of rotatable bonds is 6. The van der Waals surface area contributed by atoms with E-state index in [1.54, 1.807) is 0 Å². The minimum Gasteiger partial charge on any atom is -0.487 e. The van der Waals surface area contributed by atoms with Crippen molar-refractivity contribution in [3.63, 3.8) is 0 Å². The van der Waals surface area contributed by atoms with E-state index in [4.69, 9.17) is 20.8 Å². The van der Waals surface area contributed by atoms with Gasteiger partial charge in [0.2, 0.25) is 12.3 Å². The maximum Gasteiger partial charge on any atom is 0.248 e. The van der Waals surface area contributed by atoms with Crippen molar-refractivity contribution in [3.8, 4) is 5.75 Å². The monoisotopic (exact) mass is 439 g/mol. The first-order valence-electron chi connectivity index (χ1n) is 10.1. The lowest BCUT2D eigenvalue weighted by Crippen LogP contribution is -1.98. The number of hydrogen-bond acceptors (Lipinski definition) is 5. The first-order chi connectivity index (χ1) is 15.7. The molecule has 3 aromatic carbocycles. The van der Waals surface area contributed by atoms with Crippen LogP contribution in [0.1, 0.15) is 22.7 Å². The fourth-order valence-corrected chi connectivity index (χ4v) is 3.49. The van der Waals surface area contributed by atoms with Crippen LogP contribution in [0.3, 0.4) is 0 Å². The third-order valence-electron chi connectivity index (χ3n) is 4.98. The van der Waals surface area contributed by atoms with Gasteiger partial charge in [-0.3, -0.25) is 0 Å². The van der Waals surface area contributed by atoms with Crippen molar-refractivity contribution in [2.24, 2.45) is 0 Å². The minimum atomic E-state index is 0.390. The van der Waals surface area contributed by atoms with Gasteiger partial charge in [0, 0.05) is 16.0 Å². The molecule has 6 heteroatoms. The number of nitrogens with zero attached hydrogens (tertiary/aromatic N) is 3. The van der Waals surface area contributed by atoms with Gasteiger partial charge in [0.05, 0.1) is 11.2 Å². The molecule has 5 rings (SSSR count). The van der Waals surface area contributed by atoms with Crippen LogP contribution in [-0.2, 0) is 6.61 Å². The van der Waals surface area contributed by atoms with E-state index in [1.165, 1.54) is 6.39 Å². The van der Waals surface area contributed by atoms with E-state index in [1.807, 2.05) is 84.9 Å². The molecular formula is C26H18ClN3O2. The maximum atomic E-state index is 6.00. The van der Waals surface area contributed by atoms with Gasteiger partial charge in [-0.25, -0.2) is 4.98 Å². The van der Waals surface area contributed by atoms with Crippen LogP contribution >= 0.6 is 11.6 Å². The second kappa shape index (κ2) is 9.04. The summed E-state index contributed by atoms with van der Waals surface area (Å²) in [5.41, 5.74) is 4.56. The van der Waals surface area contributed by atoms with Gasteiger partial charge in [0.1, 0.15) is 12.4 Å². The van der Waals surface area contributed by atoms with Gasteiger partial charge >= 0.3 is 0 Å². The van der Waals surface area contributed by atoms with Gasteiger partial charge in [0.25, 0.3) is 0 Å². The summed E-state index contributed by atoms with van der Waals surface area (Å²) in [4.78, 5) is 4.65. The van der Waals surface area contributed by atoms with E-state index < -0.39 is 0 Å². The molecule has 0 saturated heterocycles. The van der Waals surface area contributed by atoms with Crippen molar-refractivity contribution in [1.29, 1.82) is 0 Å². The lowest BCUT2D eigenvalue weighted by Gasteiger charge is -2.09. The van der Waals surface area contributed by atoms with Gasteiger partial charge in [-0.05, 0) is 53.6 Å². The summed E-state index contributed by atoms with van der Waals surface area (Å²) < 4.78 is 11.4. The van der Waals surface area contributed by atoms with Crippen molar-refractivity contribution in [2.75, 3.05) is 0 Å². The number of hydrogen-bond donors (Lipinski definition) is 0. The number of benzene rings is 3. The Hall–Kier alpha value is -3.96. The molecule has 0 aliphatic carbocycles. The SMILES string of the molecule is Clc1ccc(C=C(c2ccc(OCc3ccc4ccccc4n3)cc2)c2nnco2)cc1. The number of fused-ring (bicyclic) bond motifs is 1. The maximum absolute atomic E-state index is 6.00. The Morgan fingerprint density at radius 1 is 0.906 bits per heavy atom. The highest BCUT2D eigenvalue weighted by atomic mass is 35.5. The van der Waals surface area contributed by atoms with Crippen LogP contribution in [0.5, 0.6) is 5.75 Å². The fraction of sp³-hybridized carbons (Fsp3) is 0.0385. The lowest BCUT2D eigenvalue weighted by atomic mass is 10.0. The van der Waals surface area contributed by atoms with Gasteiger partial charge in [-0.2, -0.15) is 0 Å². The normalized spacial score (nSPS) is 11.6. The minimum absolute atomic E-state index is 0.390. The zero-order valence-corrected chi connectivity index (χ0v) is 17.7. The van der Waals surface area contributed by atoms with Gasteiger partial charge < -0.3 is 9.15 Å². The molecule has 156 valence electrons. The average Bonchev–Trinajstić information content (AvgIpc) is 3.37. The summed E-state index contributed by atoms with van der Waals surface area (Å²) in [6.45, 7) is 0.390. The zero-order valence-electron chi connectivity index (χ0n) is 17.0. The zero-order chi connectivity index (χ0) is 21.8. The molecule has 0 unspecified atom stereocenters. The number of ether oxygens (including phenoxy) is 1. The Morgan fingerprint density at radius 3 is 2.50 bits per heavy atom. The molecule has 0 bridgehead atoms. The molecule has 0 fully saturated rings. The predicted molar refractivity (Wildman–Crippen MR) is 125 cm³/mol. The molecule has 0 spiro atoms. The molecule has 0 aliphatic heterocycles. The van der Waals surface area contributed by atoms with Gasteiger partial charge in [0.15, 0.2) is 0 Å².